The van der Waals surface area contributed by atoms with Crippen LogP contribution in [-0.2, 0) is 17.6 Å². The molecule has 1 saturated heterocycles. The number of para-hydroxylation sites is 2. The number of hydrogen-bond donors (Lipinski definition) is 0. The first-order valence-corrected chi connectivity index (χ1v) is 12.2. The van der Waals surface area contributed by atoms with Gasteiger partial charge in [-0.05, 0) is 55.2 Å². The van der Waals surface area contributed by atoms with Crippen molar-refractivity contribution in [2.24, 2.45) is 0 Å². The van der Waals surface area contributed by atoms with E-state index in [1.54, 1.807) is 0 Å². The van der Waals surface area contributed by atoms with Crippen molar-refractivity contribution in [3.8, 4) is 5.75 Å². The van der Waals surface area contributed by atoms with E-state index in [1.165, 1.54) is 11.1 Å². The maximum atomic E-state index is 13.0. The Labute approximate surface area is 201 Å². The topological polar surface area (TPSA) is 47.4 Å². The third-order valence-corrected chi connectivity index (χ3v) is 6.65. The molecule has 0 spiro atoms. The van der Waals surface area contributed by atoms with Crippen LogP contribution in [0.4, 0.5) is 0 Å². The molecule has 1 fully saturated rings. The number of ether oxygens (including phenoxy) is 1. The quantitative estimate of drug-likeness (QED) is 0.375. The van der Waals surface area contributed by atoms with Crippen molar-refractivity contribution in [3.05, 3.63) is 95.8 Å². The van der Waals surface area contributed by atoms with E-state index < -0.39 is 0 Å². The van der Waals surface area contributed by atoms with Crippen LogP contribution in [0, 0.1) is 0 Å². The van der Waals surface area contributed by atoms with E-state index in [1.807, 2.05) is 48.2 Å². The minimum Gasteiger partial charge on any atom is -0.494 e. The summed E-state index contributed by atoms with van der Waals surface area (Å²) < 4.78 is 7.93. The standard InChI is InChI=1S/C29H31N3O2/c1-2-34-25-14-12-23(13-15-25)21-29(33)31-18-16-24(17-19-31)32-27-11-7-6-10-26(27)30-28(32)20-22-8-4-3-5-9-22/h3-15,24H,2,16-21H2,1H3. The Morgan fingerprint density at radius 1 is 0.912 bits per heavy atom. The number of aromatic nitrogens is 2. The van der Waals surface area contributed by atoms with Crippen molar-refractivity contribution in [2.75, 3.05) is 19.7 Å². The maximum Gasteiger partial charge on any atom is 0.226 e. The second kappa shape index (κ2) is 10.1. The van der Waals surface area contributed by atoms with Gasteiger partial charge in [-0.1, -0.05) is 54.6 Å². The van der Waals surface area contributed by atoms with Crippen LogP contribution in [0.15, 0.2) is 78.9 Å². The molecule has 5 rings (SSSR count). The molecule has 3 aromatic carbocycles. The molecule has 1 aromatic heterocycles. The molecule has 2 heterocycles. The van der Waals surface area contributed by atoms with Crippen LogP contribution in [0.25, 0.3) is 11.0 Å². The zero-order chi connectivity index (χ0) is 23.3. The molecule has 4 aromatic rings. The van der Waals surface area contributed by atoms with Gasteiger partial charge in [0.1, 0.15) is 11.6 Å². The normalized spacial score (nSPS) is 14.4. The summed E-state index contributed by atoms with van der Waals surface area (Å²) in [7, 11) is 0. The molecular formula is C29H31N3O2. The number of hydrogen-bond acceptors (Lipinski definition) is 3. The summed E-state index contributed by atoms with van der Waals surface area (Å²) in [6, 6.07) is 27.1. The molecule has 0 atom stereocenters. The molecule has 0 saturated carbocycles. The van der Waals surface area contributed by atoms with Gasteiger partial charge < -0.3 is 14.2 Å². The van der Waals surface area contributed by atoms with Crippen LogP contribution in [0.3, 0.4) is 0 Å². The Kier molecular flexibility index (Phi) is 6.61. The van der Waals surface area contributed by atoms with Crippen LogP contribution < -0.4 is 4.74 Å². The van der Waals surface area contributed by atoms with Crippen LogP contribution >= 0.6 is 0 Å². The molecule has 0 bridgehead atoms. The van der Waals surface area contributed by atoms with E-state index >= 15 is 0 Å². The largest absolute Gasteiger partial charge is 0.494 e. The number of fused-ring (bicyclic) bond motifs is 1. The summed E-state index contributed by atoms with van der Waals surface area (Å²) in [5.41, 5.74) is 4.53. The fourth-order valence-electron chi connectivity index (χ4n) is 4.94. The van der Waals surface area contributed by atoms with Gasteiger partial charge in [0.05, 0.1) is 24.1 Å². The Bertz CT molecular complexity index is 1240. The zero-order valence-electron chi connectivity index (χ0n) is 19.7. The van der Waals surface area contributed by atoms with Gasteiger partial charge in [-0.15, -0.1) is 0 Å². The molecule has 174 valence electrons. The van der Waals surface area contributed by atoms with Crippen LogP contribution in [-0.4, -0.2) is 40.1 Å². The van der Waals surface area contributed by atoms with E-state index in [0.29, 0.717) is 19.1 Å². The monoisotopic (exact) mass is 453 g/mol. The highest BCUT2D eigenvalue weighted by atomic mass is 16.5. The summed E-state index contributed by atoms with van der Waals surface area (Å²) in [4.78, 5) is 20.0. The highest BCUT2D eigenvalue weighted by Gasteiger charge is 2.26. The lowest BCUT2D eigenvalue weighted by atomic mass is 10.0. The molecule has 34 heavy (non-hydrogen) atoms. The zero-order valence-corrected chi connectivity index (χ0v) is 19.7. The van der Waals surface area contributed by atoms with E-state index in [-0.39, 0.29) is 5.91 Å². The molecule has 0 radical (unpaired) electrons. The van der Waals surface area contributed by atoms with Crippen LogP contribution in [0.5, 0.6) is 5.75 Å². The highest BCUT2D eigenvalue weighted by Crippen LogP contribution is 2.30. The third kappa shape index (κ3) is 4.84. The van der Waals surface area contributed by atoms with Crippen molar-refractivity contribution in [2.45, 2.75) is 38.6 Å². The lowest BCUT2D eigenvalue weighted by Crippen LogP contribution is -2.40. The summed E-state index contributed by atoms with van der Waals surface area (Å²) in [6.07, 6.45) is 3.13. The fraction of sp³-hybridized carbons (Fsp3) is 0.310. The third-order valence-electron chi connectivity index (χ3n) is 6.65. The van der Waals surface area contributed by atoms with Gasteiger partial charge in [0, 0.05) is 25.6 Å². The first-order valence-electron chi connectivity index (χ1n) is 12.2. The van der Waals surface area contributed by atoms with Crippen molar-refractivity contribution >= 4 is 16.9 Å². The average Bonchev–Trinajstić information content (AvgIpc) is 3.24. The Morgan fingerprint density at radius 2 is 1.62 bits per heavy atom. The molecule has 0 unspecified atom stereocenters. The van der Waals surface area contributed by atoms with Crippen molar-refractivity contribution in [1.82, 2.24) is 14.5 Å². The van der Waals surface area contributed by atoms with E-state index in [9.17, 15) is 4.79 Å². The number of carbonyl (C=O) groups excluding carboxylic acids is 1. The molecule has 5 nitrogen and oxygen atoms in total. The number of amides is 1. The Morgan fingerprint density at radius 3 is 2.35 bits per heavy atom. The molecular weight excluding hydrogens is 422 g/mol. The van der Waals surface area contributed by atoms with Crippen LogP contribution in [0.2, 0.25) is 0 Å². The Hall–Kier alpha value is -3.60. The smallest absolute Gasteiger partial charge is 0.226 e. The fourth-order valence-corrected chi connectivity index (χ4v) is 4.94. The van der Waals surface area contributed by atoms with Gasteiger partial charge in [0.25, 0.3) is 0 Å². The number of likely N-dealkylation sites (tertiary alicyclic amines) is 1. The number of imidazole rings is 1. The van der Waals surface area contributed by atoms with E-state index in [2.05, 4.69) is 47.0 Å². The summed E-state index contributed by atoms with van der Waals surface area (Å²) in [5, 5.41) is 0. The van der Waals surface area contributed by atoms with Crippen LogP contribution in [0.1, 0.15) is 42.8 Å². The van der Waals surface area contributed by atoms with Gasteiger partial charge in [-0.2, -0.15) is 0 Å². The van der Waals surface area contributed by atoms with Gasteiger partial charge >= 0.3 is 0 Å². The van der Waals surface area contributed by atoms with Crippen molar-refractivity contribution < 1.29 is 9.53 Å². The summed E-state index contributed by atoms with van der Waals surface area (Å²) in [5.74, 6) is 2.15. The average molecular weight is 454 g/mol. The summed E-state index contributed by atoms with van der Waals surface area (Å²) >= 11 is 0. The van der Waals surface area contributed by atoms with Crippen molar-refractivity contribution in [3.63, 3.8) is 0 Å². The molecule has 0 N–H and O–H groups in total. The molecule has 1 amide bonds. The predicted octanol–water partition coefficient (Wildman–Crippen LogP) is 5.43. The van der Waals surface area contributed by atoms with Crippen molar-refractivity contribution in [1.29, 1.82) is 0 Å². The molecule has 0 aliphatic carbocycles. The number of benzene rings is 3. The second-order valence-electron chi connectivity index (χ2n) is 8.91. The maximum absolute atomic E-state index is 13.0. The molecule has 1 aliphatic rings. The minimum absolute atomic E-state index is 0.197. The SMILES string of the molecule is CCOc1ccc(CC(=O)N2CCC(n3c(Cc4ccccc4)nc4ccccc43)CC2)cc1. The number of nitrogens with zero attached hydrogens (tertiary/aromatic N) is 3. The lowest BCUT2D eigenvalue weighted by molar-refractivity contribution is -0.131. The number of carbonyl (C=O) groups is 1. The number of piperidine rings is 1. The second-order valence-corrected chi connectivity index (χ2v) is 8.91. The summed E-state index contributed by atoms with van der Waals surface area (Å²) in [6.45, 7) is 4.17. The lowest BCUT2D eigenvalue weighted by Gasteiger charge is -2.34. The van der Waals surface area contributed by atoms with E-state index in [4.69, 9.17) is 9.72 Å². The van der Waals surface area contributed by atoms with Gasteiger partial charge in [0.2, 0.25) is 5.91 Å². The minimum atomic E-state index is 0.197. The Balaban J connectivity index is 1.28. The first kappa shape index (κ1) is 22.2. The predicted molar refractivity (Wildman–Crippen MR) is 135 cm³/mol. The van der Waals surface area contributed by atoms with Gasteiger partial charge in [0.15, 0.2) is 0 Å². The highest BCUT2D eigenvalue weighted by molar-refractivity contribution is 5.79. The van der Waals surface area contributed by atoms with E-state index in [0.717, 1.165) is 55.0 Å². The van der Waals surface area contributed by atoms with Gasteiger partial charge in [-0.25, -0.2) is 4.98 Å². The first-order chi connectivity index (χ1) is 16.7. The molecule has 1 aliphatic heterocycles. The number of rotatable bonds is 7. The molecule has 5 heteroatoms. The van der Waals surface area contributed by atoms with Gasteiger partial charge in [-0.3, -0.25) is 4.79 Å².